The molecule has 0 aromatic rings. The number of thiol groups is 1. The van der Waals surface area contributed by atoms with Crippen molar-refractivity contribution >= 4 is 12.6 Å². The van der Waals surface area contributed by atoms with Crippen LogP contribution in [0.25, 0.3) is 0 Å². The lowest BCUT2D eigenvalue weighted by Crippen LogP contribution is -2.39. The number of hydrogen-bond acceptors (Lipinski definition) is 2. The molecule has 0 amide bonds. The Bertz CT molecular complexity index is 211. The van der Waals surface area contributed by atoms with Crippen LogP contribution in [0.5, 0.6) is 0 Å². The average Bonchev–Trinajstić information content (AvgIpc) is 2.55. The largest absolute Gasteiger partial charge is 0.303 e. The third-order valence-electron chi connectivity index (χ3n) is 4.56. The molecule has 0 aromatic carbocycles. The lowest BCUT2D eigenvalue weighted by molar-refractivity contribution is 0.149. The van der Waals surface area contributed by atoms with E-state index in [1.807, 2.05) is 0 Å². The van der Waals surface area contributed by atoms with Gasteiger partial charge in [0.15, 0.2) is 0 Å². The zero-order valence-corrected chi connectivity index (χ0v) is 13.6. The van der Waals surface area contributed by atoms with Crippen LogP contribution in [0.2, 0.25) is 0 Å². The Balaban J connectivity index is 2.57. The molecule has 0 saturated carbocycles. The van der Waals surface area contributed by atoms with Gasteiger partial charge >= 0.3 is 0 Å². The van der Waals surface area contributed by atoms with Crippen LogP contribution >= 0.6 is 12.6 Å². The molecule has 0 bridgehead atoms. The number of likely N-dealkylation sites (tertiary alicyclic amines) is 1. The Morgan fingerprint density at radius 1 is 1.11 bits per heavy atom. The highest BCUT2D eigenvalue weighted by molar-refractivity contribution is 7.80. The van der Waals surface area contributed by atoms with Crippen LogP contribution < -0.4 is 0 Å². The molecule has 108 valence electrons. The summed E-state index contributed by atoms with van der Waals surface area (Å²) in [7, 11) is 0. The maximum atomic E-state index is 4.69. The molecule has 1 rings (SSSR count). The summed E-state index contributed by atoms with van der Waals surface area (Å²) in [6.45, 7) is 11.0. The molecule has 1 aliphatic heterocycles. The van der Waals surface area contributed by atoms with Crippen LogP contribution in [0.4, 0.5) is 0 Å². The van der Waals surface area contributed by atoms with Gasteiger partial charge in [-0.15, -0.1) is 0 Å². The van der Waals surface area contributed by atoms with E-state index < -0.39 is 0 Å². The molecule has 0 radical (unpaired) electrons. The third-order valence-corrected chi connectivity index (χ3v) is 5.24. The first-order valence-corrected chi connectivity index (χ1v) is 8.62. The van der Waals surface area contributed by atoms with E-state index in [1.54, 1.807) is 0 Å². The average molecular weight is 272 g/mol. The first-order valence-electron chi connectivity index (χ1n) is 7.99. The minimum atomic E-state index is 0.472. The fourth-order valence-electron chi connectivity index (χ4n) is 3.51. The van der Waals surface area contributed by atoms with E-state index in [9.17, 15) is 0 Å². The SMILES string of the molecule is CCCC(CS)(CCC)CN1CCCC(C)CC1. The van der Waals surface area contributed by atoms with Gasteiger partial charge in [0.25, 0.3) is 0 Å². The fourth-order valence-corrected chi connectivity index (χ4v) is 3.92. The summed E-state index contributed by atoms with van der Waals surface area (Å²) < 4.78 is 0. The summed E-state index contributed by atoms with van der Waals surface area (Å²) in [6.07, 6.45) is 9.48. The van der Waals surface area contributed by atoms with Crippen molar-refractivity contribution in [2.24, 2.45) is 11.3 Å². The monoisotopic (exact) mass is 271 g/mol. The van der Waals surface area contributed by atoms with Gasteiger partial charge in [0, 0.05) is 6.54 Å². The lowest BCUT2D eigenvalue weighted by Gasteiger charge is -2.37. The van der Waals surface area contributed by atoms with Crippen molar-refractivity contribution in [3.05, 3.63) is 0 Å². The topological polar surface area (TPSA) is 3.24 Å². The first-order chi connectivity index (χ1) is 8.65. The molecule has 0 aromatic heterocycles. The molecule has 0 aliphatic carbocycles. The third kappa shape index (κ3) is 5.13. The van der Waals surface area contributed by atoms with Crippen molar-refractivity contribution in [2.75, 3.05) is 25.4 Å². The molecule has 0 spiro atoms. The summed E-state index contributed by atoms with van der Waals surface area (Å²) in [6, 6.07) is 0. The van der Waals surface area contributed by atoms with Crippen molar-refractivity contribution in [2.45, 2.75) is 65.7 Å². The molecule has 1 unspecified atom stereocenters. The van der Waals surface area contributed by atoms with Gasteiger partial charge in [-0.1, -0.05) is 33.6 Å². The molecule has 1 fully saturated rings. The molecule has 1 heterocycles. The fraction of sp³-hybridized carbons (Fsp3) is 1.00. The van der Waals surface area contributed by atoms with Gasteiger partial charge in [-0.05, 0) is 62.3 Å². The smallest absolute Gasteiger partial charge is 0.00458 e. The van der Waals surface area contributed by atoms with E-state index in [2.05, 4.69) is 38.3 Å². The van der Waals surface area contributed by atoms with Crippen molar-refractivity contribution < 1.29 is 0 Å². The molecular formula is C16H33NS. The Hall–Kier alpha value is 0.310. The maximum absolute atomic E-state index is 4.69. The van der Waals surface area contributed by atoms with Crippen LogP contribution in [0.15, 0.2) is 0 Å². The molecule has 1 nitrogen and oxygen atoms in total. The molecule has 1 atom stereocenters. The minimum absolute atomic E-state index is 0.472. The van der Waals surface area contributed by atoms with Crippen molar-refractivity contribution in [3.8, 4) is 0 Å². The summed E-state index contributed by atoms with van der Waals surface area (Å²) in [5.74, 6) is 1.98. The Morgan fingerprint density at radius 2 is 1.78 bits per heavy atom. The molecule has 2 heteroatoms. The number of hydrogen-bond donors (Lipinski definition) is 1. The van der Waals surface area contributed by atoms with E-state index in [0.29, 0.717) is 5.41 Å². The minimum Gasteiger partial charge on any atom is -0.303 e. The zero-order valence-electron chi connectivity index (χ0n) is 12.7. The Kier molecular flexibility index (Phi) is 7.70. The van der Waals surface area contributed by atoms with Crippen LogP contribution in [0.1, 0.15) is 65.7 Å². The second kappa shape index (κ2) is 8.47. The van der Waals surface area contributed by atoms with Crippen molar-refractivity contribution in [1.29, 1.82) is 0 Å². The lowest BCUT2D eigenvalue weighted by atomic mass is 9.80. The zero-order chi connectivity index (χ0) is 13.4. The van der Waals surface area contributed by atoms with Crippen LogP contribution in [0, 0.1) is 11.3 Å². The van der Waals surface area contributed by atoms with Crippen molar-refractivity contribution in [3.63, 3.8) is 0 Å². The summed E-state index contributed by atoms with van der Waals surface area (Å²) in [4.78, 5) is 2.73. The Morgan fingerprint density at radius 3 is 2.33 bits per heavy atom. The molecule has 0 N–H and O–H groups in total. The van der Waals surface area contributed by atoms with Gasteiger partial charge in [-0.2, -0.15) is 12.6 Å². The van der Waals surface area contributed by atoms with E-state index in [-0.39, 0.29) is 0 Å². The van der Waals surface area contributed by atoms with Gasteiger partial charge in [0.1, 0.15) is 0 Å². The van der Waals surface area contributed by atoms with E-state index in [1.165, 1.54) is 64.6 Å². The van der Waals surface area contributed by atoms with Gasteiger partial charge in [0.2, 0.25) is 0 Å². The van der Waals surface area contributed by atoms with E-state index >= 15 is 0 Å². The molecule has 1 aliphatic rings. The van der Waals surface area contributed by atoms with Gasteiger partial charge in [0.05, 0.1) is 0 Å². The first kappa shape index (κ1) is 16.4. The number of nitrogens with zero attached hydrogens (tertiary/aromatic N) is 1. The molecule has 1 saturated heterocycles. The molecular weight excluding hydrogens is 238 g/mol. The van der Waals surface area contributed by atoms with E-state index in [4.69, 9.17) is 0 Å². The van der Waals surface area contributed by atoms with Crippen molar-refractivity contribution in [1.82, 2.24) is 4.90 Å². The van der Waals surface area contributed by atoms with Crippen LogP contribution in [0.3, 0.4) is 0 Å². The van der Waals surface area contributed by atoms with Gasteiger partial charge in [-0.3, -0.25) is 0 Å². The normalized spacial score (nSPS) is 23.0. The number of rotatable bonds is 7. The predicted octanol–water partition coefficient (Wildman–Crippen LogP) is 4.62. The van der Waals surface area contributed by atoms with Crippen LogP contribution in [-0.4, -0.2) is 30.3 Å². The highest BCUT2D eigenvalue weighted by Crippen LogP contribution is 2.33. The second-order valence-electron chi connectivity index (χ2n) is 6.47. The summed E-state index contributed by atoms with van der Waals surface area (Å²) in [5.41, 5.74) is 0.472. The Labute approximate surface area is 120 Å². The predicted molar refractivity (Wildman–Crippen MR) is 85.6 cm³/mol. The summed E-state index contributed by atoms with van der Waals surface area (Å²) in [5, 5.41) is 0. The highest BCUT2D eigenvalue weighted by Gasteiger charge is 2.29. The van der Waals surface area contributed by atoms with Gasteiger partial charge < -0.3 is 4.90 Å². The molecule has 18 heavy (non-hydrogen) atoms. The van der Waals surface area contributed by atoms with Gasteiger partial charge in [-0.25, -0.2) is 0 Å². The standard InChI is InChI=1S/C16H33NS/c1-4-9-16(14-18,10-5-2)13-17-11-6-7-15(3)8-12-17/h15,18H,4-14H2,1-3H3. The van der Waals surface area contributed by atoms with Crippen LogP contribution in [-0.2, 0) is 0 Å². The highest BCUT2D eigenvalue weighted by atomic mass is 32.1. The quantitative estimate of drug-likeness (QED) is 0.661. The maximum Gasteiger partial charge on any atom is 0.00458 e. The van der Waals surface area contributed by atoms with E-state index in [0.717, 1.165) is 11.7 Å². The second-order valence-corrected chi connectivity index (χ2v) is 6.79. The summed E-state index contributed by atoms with van der Waals surface area (Å²) >= 11 is 4.69.